The van der Waals surface area contributed by atoms with Crippen LogP contribution in [0.3, 0.4) is 0 Å². The summed E-state index contributed by atoms with van der Waals surface area (Å²) >= 11 is 1.68. The number of aromatic nitrogens is 1. The van der Waals surface area contributed by atoms with Gasteiger partial charge in [-0.25, -0.2) is 4.98 Å². The van der Waals surface area contributed by atoms with Crippen LogP contribution in [0.4, 0.5) is 5.69 Å². The third-order valence-electron chi connectivity index (χ3n) is 5.69. The lowest BCUT2D eigenvalue weighted by Crippen LogP contribution is -2.40. The number of ether oxygens (including phenoxy) is 1. The van der Waals surface area contributed by atoms with Crippen molar-refractivity contribution >= 4 is 28.8 Å². The molecule has 0 bridgehead atoms. The van der Waals surface area contributed by atoms with Crippen molar-refractivity contribution in [3.63, 3.8) is 0 Å². The van der Waals surface area contributed by atoms with Gasteiger partial charge in [0.2, 0.25) is 5.91 Å². The molecule has 2 aliphatic heterocycles. The van der Waals surface area contributed by atoms with E-state index in [-0.39, 0.29) is 17.7 Å². The Morgan fingerprint density at radius 2 is 1.97 bits per heavy atom. The zero-order valence-corrected chi connectivity index (χ0v) is 18.1. The van der Waals surface area contributed by atoms with E-state index in [1.807, 2.05) is 19.1 Å². The Kier molecular flexibility index (Phi) is 6.76. The highest BCUT2D eigenvalue weighted by Crippen LogP contribution is 2.22. The molecule has 8 heteroatoms. The number of rotatable bonds is 5. The Morgan fingerprint density at radius 3 is 2.67 bits per heavy atom. The van der Waals surface area contributed by atoms with E-state index in [1.165, 1.54) is 0 Å². The van der Waals surface area contributed by atoms with E-state index in [4.69, 9.17) is 4.74 Å². The predicted octanol–water partition coefficient (Wildman–Crippen LogP) is 2.77. The van der Waals surface area contributed by atoms with Crippen LogP contribution in [-0.4, -0.2) is 66.0 Å². The summed E-state index contributed by atoms with van der Waals surface area (Å²) in [5.41, 5.74) is 2.39. The van der Waals surface area contributed by atoms with E-state index in [1.54, 1.807) is 28.4 Å². The van der Waals surface area contributed by atoms with Gasteiger partial charge in [0.25, 0.3) is 5.91 Å². The minimum absolute atomic E-state index is 0.00276. The molecule has 1 N–H and O–H groups in total. The number of hydrogen-bond donors (Lipinski definition) is 1. The fourth-order valence-electron chi connectivity index (χ4n) is 3.99. The first kappa shape index (κ1) is 21.0. The standard InChI is InChI=1S/C22H28N4O3S/c1-16-23-20(15-30-16)14-25-7-5-17(6-8-25)21(27)24-19-4-2-3-18(13-19)22(28)26-9-11-29-12-10-26/h2-4,13,15,17H,5-12,14H2,1H3,(H,24,27). The average molecular weight is 429 g/mol. The molecule has 2 saturated heterocycles. The van der Waals surface area contributed by atoms with Crippen LogP contribution in [0.15, 0.2) is 29.6 Å². The molecule has 4 rings (SSSR count). The summed E-state index contributed by atoms with van der Waals surface area (Å²) in [4.78, 5) is 34.1. The zero-order valence-electron chi connectivity index (χ0n) is 17.3. The highest BCUT2D eigenvalue weighted by molar-refractivity contribution is 7.09. The molecule has 1 aromatic carbocycles. The van der Waals surface area contributed by atoms with Crippen LogP contribution in [0, 0.1) is 12.8 Å². The maximum atomic E-state index is 12.8. The third-order valence-corrected chi connectivity index (χ3v) is 6.51. The molecule has 1 aromatic heterocycles. The lowest BCUT2D eigenvalue weighted by molar-refractivity contribution is -0.121. The fraction of sp³-hybridized carbons (Fsp3) is 0.500. The van der Waals surface area contributed by atoms with Gasteiger partial charge < -0.3 is 15.0 Å². The number of nitrogens with zero attached hydrogens (tertiary/aromatic N) is 3. The monoisotopic (exact) mass is 428 g/mol. The number of thiazole rings is 1. The van der Waals surface area contributed by atoms with Gasteiger partial charge in [0, 0.05) is 42.2 Å². The SMILES string of the molecule is Cc1nc(CN2CCC(C(=O)Nc3cccc(C(=O)N4CCOCC4)c3)CC2)cs1. The number of nitrogens with one attached hydrogen (secondary N) is 1. The van der Waals surface area contributed by atoms with Gasteiger partial charge in [-0.3, -0.25) is 14.5 Å². The predicted molar refractivity (Wildman–Crippen MR) is 117 cm³/mol. The van der Waals surface area contributed by atoms with Crippen LogP contribution < -0.4 is 5.32 Å². The minimum atomic E-state index is -0.0139. The number of carbonyl (C=O) groups is 2. The first-order chi connectivity index (χ1) is 14.6. The van der Waals surface area contributed by atoms with Gasteiger partial charge in [0.05, 0.1) is 23.9 Å². The molecule has 0 aliphatic carbocycles. The molecule has 2 aliphatic rings. The average Bonchev–Trinajstić information content (AvgIpc) is 3.19. The maximum Gasteiger partial charge on any atom is 0.254 e. The molecule has 7 nitrogen and oxygen atoms in total. The number of hydrogen-bond acceptors (Lipinski definition) is 6. The third kappa shape index (κ3) is 5.24. The lowest BCUT2D eigenvalue weighted by atomic mass is 9.95. The number of benzene rings is 1. The second-order valence-electron chi connectivity index (χ2n) is 7.88. The molecule has 0 atom stereocenters. The second-order valence-corrected chi connectivity index (χ2v) is 8.95. The van der Waals surface area contributed by atoms with Crippen molar-refractivity contribution in [1.29, 1.82) is 0 Å². The van der Waals surface area contributed by atoms with E-state index in [0.717, 1.165) is 43.2 Å². The number of carbonyl (C=O) groups excluding carboxylic acids is 2. The van der Waals surface area contributed by atoms with Crippen LogP contribution in [-0.2, 0) is 16.1 Å². The normalized spacial score (nSPS) is 18.4. The van der Waals surface area contributed by atoms with Crippen LogP contribution in [0.25, 0.3) is 0 Å². The highest BCUT2D eigenvalue weighted by atomic mass is 32.1. The molecule has 0 radical (unpaired) electrons. The number of aryl methyl sites for hydroxylation is 1. The van der Waals surface area contributed by atoms with Gasteiger partial charge in [0.15, 0.2) is 0 Å². The van der Waals surface area contributed by atoms with Crippen LogP contribution in [0.5, 0.6) is 0 Å². The van der Waals surface area contributed by atoms with Crippen LogP contribution in [0.1, 0.15) is 33.9 Å². The van der Waals surface area contributed by atoms with Gasteiger partial charge in [-0.2, -0.15) is 0 Å². The van der Waals surface area contributed by atoms with E-state index < -0.39 is 0 Å². The molecule has 160 valence electrons. The molecule has 2 fully saturated rings. The fourth-order valence-corrected chi connectivity index (χ4v) is 4.59. The van der Waals surface area contributed by atoms with E-state index in [0.29, 0.717) is 37.6 Å². The quantitative estimate of drug-likeness (QED) is 0.793. The van der Waals surface area contributed by atoms with E-state index >= 15 is 0 Å². The Balaban J connectivity index is 1.29. The topological polar surface area (TPSA) is 74.8 Å². The van der Waals surface area contributed by atoms with Crippen LogP contribution >= 0.6 is 11.3 Å². The molecule has 30 heavy (non-hydrogen) atoms. The van der Waals surface area contributed by atoms with Crippen molar-refractivity contribution in [3.8, 4) is 0 Å². The second kappa shape index (κ2) is 9.68. The molecule has 0 spiro atoms. The number of likely N-dealkylation sites (tertiary alicyclic amines) is 1. The van der Waals surface area contributed by atoms with Crippen molar-refractivity contribution in [3.05, 3.63) is 45.9 Å². The summed E-state index contributed by atoms with van der Waals surface area (Å²) in [7, 11) is 0. The van der Waals surface area contributed by atoms with Gasteiger partial charge in [0.1, 0.15) is 0 Å². The van der Waals surface area contributed by atoms with Crippen molar-refractivity contribution in [2.45, 2.75) is 26.3 Å². The van der Waals surface area contributed by atoms with Gasteiger partial charge >= 0.3 is 0 Å². The highest BCUT2D eigenvalue weighted by Gasteiger charge is 2.26. The largest absolute Gasteiger partial charge is 0.378 e. The van der Waals surface area contributed by atoms with Gasteiger partial charge in [-0.1, -0.05) is 6.07 Å². The number of morpholine rings is 1. The smallest absolute Gasteiger partial charge is 0.254 e. The number of amides is 2. The van der Waals surface area contributed by atoms with Crippen molar-refractivity contribution < 1.29 is 14.3 Å². The molecule has 2 aromatic rings. The first-order valence-electron chi connectivity index (χ1n) is 10.5. The molecule has 0 saturated carbocycles. The Morgan fingerprint density at radius 1 is 1.20 bits per heavy atom. The maximum absolute atomic E-state index is 12.8. The molecule has 0 unspecified atom stereocenters. The molecular weight excluding hydrogens is 400 g/mol. The van der Waals surface area contributed by atoms with E-state index in [9.17, 15) is 9.59 Å². The first-order valence-corrected chi connectivity index (χ1v) is 11.4. The Bertz CT molecular complexity index is 886. The summed E-state index contributed by atoms with van der Waals surface area (Å²) < 4.78 is 5.31. The van der Waals surface area contributed by atoms with Crippen molar-refractivity contribution in [2.75, 3.05) is 44.7 Å². The van der Waals surface area contributed by atoms with Gasteiger partial charge in [-0.15, -0.1) is 11.3 Å². The number of piperidine rings is 1. The summed E-state index contributed by atoms with van der Waals surface area (Å²) in [5.74, 6) is 0.0205. The van der Waals surface area contributed by atoms with Crippen molar-refractivity contribution in [2.24, 2.45) is 5.92 Å². The minimum Gasteiger partial charge on any atom is -0.378 e. The van der Waals surface area contributed by atoms with Crippen LogP contribution in [0.2, 0.25) is 0 Å². The Hall–Kier alpha value is -2.29. The lowest BCUT2D eigenvalue weighted by Gasteiger charge is -2.30. The molecule has 2 amide bonds. The summed E-state index contributed by atoms with van der Waals surface area (Å²) in [6.45, 7) is 7.02. The summed E-state index contributed by atoms with van der Waals surface area (Å²) in [6, 6.07) is 7.23. The van der Waals surface area contributed by atoms with Gasteiger partial charge in [-0.05, 0) is 51.1 Å². The molecule has 3 heterocycles. The zero-order chi connectivity index (χ0) is 20.9. The van der Waals surface area contributed by atoms with Crippen molar-refractivity contribution in [1.82, 2.24) is 14.8 Å². The number of anilines is 1. The summed E-state index contributed by atoms with van der Waals surface area (Å²) in [5, 5.41) is 6.22. The summed E-state index contributed by atoms with van der Waals surface area (Å²) in [6.07, 6.45) is 1.67. The Labute approximate surface area is 181 Å². The van der Waals surface area contributed by atoms with E-state index in [2.05, 4.69) is 20.6 Å². The molecular formula is C22H28N4O3S.